The first-order chi connectivity index (χ1) is 17.0. The zero-order valence-electron chi connectivity index (χ0n) is 18.2. The number of fused-ring (bicyclic) bond motifs is 2. The summed E-state index contributed by atoms with van der Waals surface area (Å²) >= 11 is 0. The Morgan fingerprint density at radius 3 is 2.39 bits per heavy atom. The topological polar surface area (TPSA) is 62.7 Å². The van der Waals surface area contributed by atoms with E-state index in [2.05, 4.69) is 15.3 Å². The van der Waals surface area contributed by atoms with Gasteiger partial charge in [-0.3, -0.25) is 4.79 Å². The van der Waals surface area contributed by atoms with E-state index in [4.69, 9.17) is 0 Å². The van der Waals surface area contributed by atoms with E-state index in [0.29, 0.717) is 16.7 Å². The first-order valence-corrected chi connectivity index (χ1v) is 10.6. The van der Waals surface area contributed by atoms with Crippen molar-refractivity contribution >= 4 is 33.5 Å². The molecule has 36 heavy (non-hydrogen) atoms. The molecule has 3 heterocycles. The van der Waals surface area contributed by atoms with Crippen LogP contribution in [-0.2, 0) is 18.9 Å². The summed E-state index contributed by atoms with van der Waals surface area (Å²) in [4.78, 5) is 20.3. The Balaban J connectivity index is 1.59. The van der Waals surface area contributed by atoms with Crippen LogP contribution in [0.3, 0.4) is 0 Å². The maximum Gasteiger partial charge on any atom is 0.416 e. The molecule has 0 bridgehead atoms. The van der Waals surface area contributed by atoms with Crippen molar-refractivity contribution in [2.24, 2.45) is 0 Å². The predicted octanol–water partition coefficient (Wildman–Crippen LogP) is 6.86. The number of H-pyrrole nitrogens is 1. The highest BCUT2D eigenvalue weighted by Crippen LogP contribution is 2.34. The van der Waals surface area contributed by atoms with Gasteiger partial charge in [0.15, 0.2) is 0 Å². The summed E-state index contributed by atoms with van der Waals surface area (Å²) in [6.07, 6.45) is -6.14. The van der Waals surface area contributed by atoms with Crippen LogP contribution in [0.15, 0.2) is 73.1 Å². The number of benzene rings is 2. The minimum atomic E-state index is -4.64. The highest BCUT2D eigenvalue weighted by molar-refractivity contribution is 6.07. The van der Waals surface area contributed by atoms with Gasteiger partial charge >= 0.3 is 12.4 Å². The summed E-state index contributed by atoms with van der Waals surface area (Å²) in [5.74, 6) is -0.650. The van der Waals surface area contributed by atoms with E-state index >= 15 is 0 Å². The molecular formula is C25H16F6N4O. The lowest BCUT2D eigenvalue weighted by molar-refractivity contribution is -0.138. The van der Waals surface area contributed by atoms with E-state index in [1.807, 2.05) is 0 Å². The Hall–Kier alpha value is -4.28. The Morgan fingerprint density at radius 1 is 0.889 bits per heavy atom. The van der Waals surface area contributed by atoms with Crippen molar-refractivity contribution in [3.05, 3.63) is 95.4 Å². The average molecular weight is 502 g/mol. The van der Waals surface area contributed by atoms with Crippen molar-refractivity contribution in [2.75, 3.05) is 5.32 Å². The van der Waals surface area contributed by atoms with Crippen LogP contribution in [0.2, 0.25) is 0 Å². The van der Waals surface area contributed by atoms with Gasteiger partial charge < -0.3 is 14.9 Å². The van der Waals surface area contributed by atoms with Crippen LogP contribution >= 0.6 is 0 Å². The van der Waals surface area contributed by atoms with Crippen LogP contribution in [0.5, 0.6) is 0 Å². The molecule has 0 radical (unpaired) electrons. The largest absolute Gasteiger partial charge is 0.416 e. The summed E-state index contributed by atoms with van der Waals surface area (Å²) in [5, 5.41) is 3.73. The van der Waals surface area contributed by atoms with Gasteiger partial charge in [0.05, 0.1) is 23.0 Å². The highest BCUT2D eigenvalue weighted by atomic mass is 19.4. The minimum absolute atomic E-state index is 0.0177. The fraction of sp³-hybridized carbons (Fsp3) is 0.120. The van der Waals surface area contributed by atoms with Gasteiger partial charge in [-0.05, 0) is 48.0 Å². The van der Waals surface area contributed by atoms with Gasteiger partial charge in [0.2, 0.25) is 0 Å². The number of aromatic amines is 1. The third-order valence-electron chi connectivity index (χ3n) is 5.72. The number of nitrogens with zero attached hydrogens (tertiary/aromatic N) is 2. The molecule has 3 aromatic heterocycles. The van der Waals surface area contributed by atoms with Gasteiger partial charge in [-0.2, -0.15) is 26.3 Å². The van der Waals surface area contributed by atoms with Crippen molar-refractivity contribution in [1.29, 1.82) is 0 Å². The van der Waals surface area contributed by atoms with E-state index in [9.17, 15) is 31.1 Å². The van der Waals surface area contributed by atoms with Crippen LogP contribution in [0.4, 0.5) is 32.0 Å². The molecule has 2 aromatic carbocycles. The Morgan fingerprint density at radius 2 is 1.64 bits per heavy atom. The molecule has 11 heteroatoms. The maximum absolute atomic E-state index is 13.4. The average Bonchev–Trinajstić information content (AvgIpc) is 3.42. The molecule has 0 aliphatic rings. The molecule has 0 spiro atoms. The van der Waals surface area contributed by atoms with Crippen LogP contribution in [0, 0.1) is 0 Å². The number of hydrogen-bond acceptors (Lipinski definition) is 2. The van der Waals surface area contributed by atoms with Crippen molar-refractivity contribution in [1.82, 2.24) is 14.5 Å². The van der Waals surface area contributed by atoms with Crippen LogP contribution < -0.4 is 5.32 Å². The van der Waals surface area contributed by atoms with Crippen molar-refractivity contribution in [2.45, 2.75) is 18.9 Å². The van der Waals surface area contributed by atoms with Gasteiger partial charge in [0.25, 0.3) is 5.91 Å². The molecular weight excluding hydrogens is 486 g/mol. The molecule has 184 valence electrons. The van der Waals surface area contributed by atoms with Gasteiger partial charge in [0, 0.05) is 29.0 Å². The normalized spacial score (nSPS) is 12.4. The zero-order valence-corrected chi connectivity index (χ0v) is 18.2. The van der Waals surface area contributed by atoms with E-state index in [-0.39, 0.29) is 23.3 Å². The lowest BCUT2D eigenvalue weighted by atomic mass is 10.1. The second-order valence-electron chi connectivity index (χ2n) is 8.18. The monoisotopic (exact) mass is 502 g/mol. The number of amides is 1. The van der Waals surface area contributed by atoms with Gasteiger partial charge in [-0.15, -0.1) is 0 Å². The van der Waals surface area contributed by atoms with Crippen molar-refractivity contribution in [3.63, 3.8) is 0 Å². The number of anilines is 1. The van der Waals surface area contributed by atoms with Gasteiger partial charge in [-0.1, -0.05) is 18.2 Å². The molecule has 1 amide bonds. The van der Waals surface area contributed by atoms with E-state index in [1.165, 1.54) is 35.0 Å². The van der Waals surface area contributed by atoms with Crippen LogP contribution in [-0.4, -0.2) is 20.4 Å². The molecule has 5 rings (SSSR count). The van der Waals surface area contributed by atoms with Crippen LogP contribution in [0.1, 0.15) is 27.2 Å². The number of pyridine rings is 1. The summed E-state index contributed by atoms with van der Waals surface area (Å²) in [7, 11) is 0. The number of alkyl halides is 6. The summed E-state index contributed by atoms with van der Waals surface area (Å²) in [6, 6.07) is 12.3. The number of hydrogen-bond donors (Lipinski definition) is 2. The lowest BCUT2D eigenvalue weighted by Crippen LogP contribution is -2.18. The molecule has 0 aliphatic heterocycles. The van der Waals surface area contributed by atoms with E-state index < -0.39 is 29.4 Å². The van der Waals surface area contributed by atoms with Crippen molar-refractivity contribution in [3.8, 4) is 0 Å². The Bertz CT molecular complexity index is 1600. The number of carbonyl (C=O) groups is 1. The molecule has 2 N–H and O–H groups in total. The number of aromatic nitrogens is 3. The van der Waals surface area contributed by atoms with Gasteiger partial charge in [-0.25, -0.2) is 4.98 Å². The maximum atomic E-state index is 13.4. The number of halogens is 6. The highest BCUT2D eigenvalue weighted by Gasteiger charge is 2.32. The third-order valence-corrected chi connectivity index (χ3v) is 5.72. The fourth-order valence-electron chi connectivity index (χ4n) is 4.02. The molecule has 0 saturated heterocycles. The minimum Gasteiger partial charge on any atom is -0.346 e. The Kier molecular flexibility index (Phi) is 5.50. The molecule has 0 aliphatic carbocycles. The second kappa shape index (κ2) is 8.43. The quantitative estimate of drug-likeness (QED) is 0.264. The van der Waals surface area contributed by atoms with Crippen molar-refractivity contribution < 1.29 is 31.1 Å². The molecule has 0 atom stereocenters. The molecule has 5 aromatic rings. The molecule has 0 saturated carbocycles. The standard InChI is InChI=1S/C25H16F6N4O/c26-24(27,28)17-3-1-2-14(8-17)13-35-20-11-18(25(29,30)31)5-4-15(20)10-21(35)23(36)34-19-9-16-6-7-32-22(16)33-12-19/h1-12H,13H2,(H,32,33)(H,34,36). The van der Waals surface area contributed by atoms with E-state index in [0.717, 1.165) is 29.7 Å². The first-order valence-electron chi connectivity index (χ1n) is 10.6. The van der Waals surface area contributed by atoms with Gasteiger partial charge in [0.1, 0.15) is 11.3 Å². The predicted molar refractivity (Wildman–Crippen MR) is 122 cm³/mol. The fourth-order valence-corrected chi connectivity index (χ4v) is 4.02. The number of carbonyl (C=O) groups excluding carboxylic acids is 1. The Labute approximate surface area is 199 Å². The summed E-state index contributed by atoms with van der Waals surface area (Å²) < 4.78 is 81.1. The smallest absolute Gasteiger partial charge is 0.346 e. The van der Waals surface area contributed by atoms with Crippen LogP contribution in [0.25, 0.3) is 21.9 Å². The summed E-state index contributed by atoms with van der Waals surface area (Å²) in [5.41, 5.74) is -0.672. The second-order valence-corrected chi connectivity index (χ2v) is 8.18. The molecule has 0 unspecified atom stereocenters. The molecule has 5 nitrogen and oxygen atoms in total. The first kappa shape index (κ1) is 23.5. The third kappa shape index (κ3) is 4.51. The SMILES string of the molecule is O=C(Nc1cnc2[nH]ccc2c1)c1cc2ccc(C(F)(F)F)cc2n1Cc1cccc(C(F)(F)F)c1. The number of rotatable bonds is 4. The number of nitrogens with one attached hydrogen (secondary N) is 2. The lowest BCUT2D eigenvalue weighted by Gasteiger charge is -2.14. The zero-order chi connectivity index (χ0) is 25.7. The summed E-state index contributed by atoms with van der Waals surface area (Å²) in [6.45, 7) is -0.257. The molecule has 0 fully saturated rings. The van der Waals surface area contributed by atoms with E-state index in [1.54, 1.807) is 18.3 Å².